The predicted octanol–water partition coefficient (Wildman–Crippen LogP) is 3.60. The molecule has 142 valence electrons. The standard InChI is InChI=1S/C21H19N3O4/c1-12-3-5-16(7-13(12)2)24-10-15(9-19(24)25)21-22-20(23-28-21)14-4-6-17-18(8-14)27-11-26-17/h3-8,15H,9-11H2,1-2H3/t15-/m0/s1. The second-order valence-electron chi connectivity index (χ2n) is 7.20. The van der Waals surface area contributed by atoms with Crippen molar-refractivity contribution in [3.05, 3.63) is 53.4 Å². The molecular weight excluding hydrogens is 358 g/mol. The first-order chi connectivity index (χ1) is 13.6. The zero-order valence-electron chi connectivity index (χ0n) is 15.6. The number of ether oxygens (including phenoxy) is 2. The third-order valence-corrected chi connectivity index (χ3v) is 5.35. The third-order valence-electron chi connectivity index (χ3n) is 5.35. The van der Waals surface area contributed by atoms with Crippen molar-refractivity contribution >= 4 is 11.6 Å². The number of anilines is 1. The lowest BCUT2D eigenvalue weighted by molar-refractivity contribution is -0.117. The van der Waals surface area contributed by atoms with Crippen molar-refractivity contribution in [1.82, 2.24) is 10.1 Å². The monoisotopic (exact) mass is 377 g/mol. The average Bonchev–Trinajstić information content (AvgIpc) is 3.42. The Kier molecular flexibility index (Phi) is 3.82. The highest BCUT2D eigenvalue weighted by molar-refractivity contribution is 5.96. The molecule has 0 radical (unpaired) electrons. The molecule has 0 unspecified atom stereocenters. The minimum absolute atomic E-state index is 0.0658. The van der Waals surface area contributed by atoms with Gasteiger partial charge in [0.15, 0.2) is 11.5 Å². The van der Waals surface area contributed by atoms with Crippen molar-refractivity contribution in [3.8, 4) is 22.9 Å². The SMILES string of the molecule is Cc1ccc(N2C[C@@H](c3nc(-c4ccc5c(c4)OCO5)no3)CC2=O)cc1C. The largest absolute Gasteiger partial charge is 0.454 e. The van der Waals surface area contributed by atoms with Crippen LogP contribution >= 0.6 is 0 Å². The molecule has 7 heteroatoms. The molecule has 1 aromatic heterocycles. The number of carbonyl (C=O) groups is 1. The molecule has 1 saturated heterocycles. The molecule has 3 aromatic rings. The van der Waals surface area contributed by atoms with Crippen molar-refractivity contribution in [2.75, 3.05) is 18.2 Å². The van der Waals surface area contributed by atoms with Crippen molar-refractivity contribution in [2.24, 2.45) is 0 Å². The number of hydrogen-bond donors (Lipinski definition) is 0. The fourth-order valence-corrected chi connectivity index (χ4v) is 3.57. The van der Waals surface area contributed by atoms with E-state index in [4.69, 9.17) is 14.0 Å². The molecule has 1 amide bonds. The quantitative estimate of drug-likeness (QED) is 0.694. The Hall–Kier alpha value is -3.35. The lowest BCUT2D eigenvalue weighted by atomic mass is 10.1. The summed E-state index contributed by atoms with van der Waals surface area (Å²) in [4.78, 5) is 18.9. The van der Waals surface area contributed by atoms with Crippen LogP contribution in [0.5, 0.6) is 11.5 Å². The van der Waals surface area contributed by atoms with E-state index in [2.05, 4.69) is 17.1 Å². The van der Waals surface area contributed by atoms with Gasteiger partial charge in [-0.15, -0.1) is 0 Å². The van der Waals surface area contributed by atoms with Crippen molar-refractivity contribution in [1.29, 1.82) is 0 Å². The third kappa shape index (κ3) is 2.79. The van der Waals surface area contributed by atoms with Gasteiger partial charge in [0.25, 0.3) is 0 Å². The van der Waals surface area contributed by atoms with Crippen LogP contribution < -0.4 is 14.4 Å². The summed E-state index contributed by atoms with van der Waals surface area (Å²) in [7, 11) is 0. The van der Waals surface area contributed by atoms with Gasteiger partial charge in [-0.3, -0.25) is 4.79 Å². The number of fused-ring (bicyclic) bond motifs is 1. The van der Waals surface area contributed by atoms with Gasteiger partial charge >= 0.3 is 0 Å². The second-order valence-corrected chi connectivity index (χ2v) is 7.20. The maximum atomic E-state index is 12.6. The summed E-state index contributed by atoms with van der Waals surface area (Å²) in [6, 6.07) is 11.6. The van der Waals surface area contributed by atoms with E-state index in [-0.39, 0.29) is 18.6 Å². The van der Waals surface area contributed by atoms with Crippen molar-refractivity contribution < 1.29 is 18.8 Å². The van der Waals surface area contributed by atoms with Gasteiger partial charge in [0.05, 0.1) is 5.92 Å². The Balaban J connectivity index is 1.37. The molecule has 1 fully saturated rings. The number of aryl methyl sites for hydroxylation is 2. The number of hydrogen-bond acceptors (Lipinski definition) is 6. The summed E-state index contributed by atoms with van der Waals surface area (Å²) in [6.07, 6.45) is 0.357. The lowest BCUT2D eigenvalue weighted by Crippen LogP contribution is -2.24. The maximum absolute atomic E-state index is 12.6. The number of aromatic nitrogens is 2. The van der Waals surface area contributed by atoms with E-state index in [0.29, 0.717) is 36.2 Å². The summed E-state index contributed by atoms with van der Waals surface area (Å²) in [5.74, 6) is 2.27. The molecule has 28 heavy (non-hydrogen) atoms. The molecule has 1 atom stereocenters. The molecule has 0 aliphatic carbocycles. The van der Waals surface area contributed by atoms with Gasteiger partial charge in [0.1, 0.15) is 0 Å². The Bertz CT molecular complexity index is 1080. The fraction of sp³-hybridized carbons (Fsp3) is 0.286. The van der Waals surface area contributed by atoms with Crippen LogP contribution in [0.2, 0.25) is 0 Å². The molecule has 5 rings (SSSR count). The summed E-state index contributed by atoms with van der Waals surface area (Å²) in [6.45, 7) is 4.86. The van der Waals surface area contributed by atoms with Crippen LogP contribution in [0.4, 0.5) is 5.69 Å². The van der Waals surface area contributed by atoms with E-state index in [9.17, 15) is 4.79 Å². The molecule has 2 aliphatic rings. The summed E-state index contributed by atoms with van der Waals surface area (Å²) in [5, 5.41) is 4.09. The Morgan fingerprint density at radius 2 is 1.89 bits per heavy atom. The van der Waals surface area contributed by atoms with E-state index in [0.717, 1.165) is 16.8 Å². The van der Waals surface area contributed by atoms with Crippen LogP contribution in [-0.2, 0) is 4.79 Å². The van der Waals surface area contributed by atoms with E-state index >= 15 is 0 Å². The fourth-order valence-electron chi connectivity index (χ4n) is 3.57. The van der Waals surface area contributed by atoms with Crippen LogP contribution in [-0.4, -0.2) is 29.4 Å². The number of benzene rings is 2. The van der Waals surface area contributed by atoms with E-state index in [1.165, 1.54) is 5.56 Å². The van der Waals surface area contributed by atoms with Gasteiger partial charge in [-0.1, -0.05) is 11.2 Å². The molecule has 3 heterocycles. The second kappa shape index (κ2) is 6.37. The molecule has 2 aliphatic heterocycles. The van der Waals surface area contributed by atoms with Gasteiger partial charge in [-0.05, 0) is 55.3 Å². The highest BCUT2D eigenvalue weighted by atomic mass is 16.7. The number of nitrogens with zero attached hydrogens (tertiary/aromatic N) is 3. The van der Waals surface area contributed by atoms with Gasteiger partial charge in [-0.25, -0.2) is 0 Å². The minimum Gasteiger partial charge on any atom is -0.454 e. The number of carbonyl (C=O) groups excluding carboxylic acids is 1. The van der Waals surface area contributed by atoms with Crippen molar-refractivity contribution in [3.63, 3.8) is 0 Å². The van der Waals surface area contributed by atoms with Crippen LogP contribution in [0.15, 0.2) is 40.9 Å². The zero-order chi connectivity index (χ0) is 19.3. The highest BCUT2D eigenvalue weighted by Crippen LogP contribution is 2.36. The van der Waals surface area contributed by atoms with Crippen LogP contribution in [0.3, 0.4) is 0 Å². The molecule has 0 N–H and O–H groups in total. The minimum atomic E-state index is -0.121. The molecule has 7 nitrogen and oxygen atoms in total. The van der Waals surface area contributed by atoms with Crippen LogP contribution in [0, 0.1) is 13.8 Å². The Morgan fingerprint density at radius 1 is 1.04 bits per heavy atom. The van der Waals surface area contributed by atoms with E-state index in [1.54, 1.807) is 4.90 Å². The number of amides is 1. The first kappa shape index (κ1) is 16.8. The smallest absolute Gasteiger partial charge is 0.232 e. The summed E-state index contributed by atoms with van der Waals surface area (Å²) < 4.78 is 16.2. The molecule has 0 bridgehead atoms. The van der Waals surface area contributed by atoms with Crippen LogP contribution in [0.1, 0.15) is 29.4 Å². The van der Waals surface area contributed by atoms with Gasteiger partial charge in [-0.2, -0.15) is 4.98 Å². The normalized spacial score (nSPS) is 18.1. The first-order valence-corrected chi connectivity index (χ1v) is 9.20. The Morgan fingerprint density at radius 3 is 2.75 bits per heavy atom. The van der Waals surface area contributed by atoms with Gasteiger partial charge in [0.2, 0.25) is 24.4 Å². The van der Waals surface area contributed by atoms with Gasteiger partial charge in [0, 0.05) is 24.2 Å². The Labute approximate surface area is 161 Å². The van der Waals surface area contributed by atoms with E-state index < -0.39 is 0 Å². The highest BCUT2D eigenvalue weighted by Gasteiger charge is 2.35. The molecule has 0 saturated carbocycles. The first-order valence-electron chi connectivity index (χ1n) is 9.20. The summed E-state index contributed by atoms with van der Waals surface area (Å²) >= 11 is 0. The average molecular weight is 377 g/mol. The molecule has 2 aromatic carbocycles. The summed E-state index contributed by atoms with van der Waals surface area (Å²) in [5.41, 5.74) is 4.06. The molecule has 0 spiro atoms. The zero-order valence-corrected chi connectivity index (χ0v) is 15.6. The topological polar surface area (TPSA) is 77.7 Å². The molecular formula is C21H19N3O4. The lowest BCUT2D eigenvalue weighted by Gasteiger charge is -2.17. The predicted molar refractivity (Wildman–Crippen MR) is 101 cm³/mol. The maximum Gasteiger partial charge on any atom is 0.232 e. The van der Waals surface area contributed by atoms with Crippen molar-refractivity contribution in [2.45, 2.75) is 26.2 Å². The van der Waals surface area contributed by atoms with E-state index in [1.807, 2.05) is 43.3 Å². The van der Waals surface area contributed by atoms with Gasteiger partial charge < -0.3 is 18.9 Å². The van der Waals surface area contributed by atoms with Crippen LogP contribution in [0.25, 0.3) is 11.4 Å². The number of rotatable bonds is 3.